The highest BCUT2D eigenvalue weighted by Crippen LogP contribution is 2.42. The zero-order chi connectivity index (χ0) is 17.4. The fraction of sp³-hybridized carbons (Fsp3) is 0.812. The summed E-state index contributed by atoms with van der Waals surface area (Å²) in [5, 5.41) is 0. The molecule has 1 amide bonds. The van der Waals surface area contributed by atoms with Gasteiger partial charge in [0, 0.05) is 26.7 Å². The number of carbonyl (C=O) groups is 1. The molecule has 2 rings (SSSR count). The predicted molar refractivity (Wildman–Crippen MR) is 89.4 cm³/mol. The molecule has 0 aromatic rings. The first-order valence-electron chi connectivity index (χ1n) is 7.69. The highest BCUT2D eigenvalue weighted by molar-refractivity contribution is 9.11. The van der Waals surface area contributed by atoms with Gasteiger partial charge in [-0.3, -0.25) is 4.90 Å². The van der Waals surface area contributed by atoms with E-state index in [-0.39, 0.29) is 30.8 Å². The molecule has 2 heterocycles. The van der Waals surface area contributed by atoms with Gasteiger partial charge in [-0.1, -0.05) is 22.0 Å². The third-order valence-electron chi connectivity index (χ3n) is 4.17. The number of amides is 1. The van der Waals surface area contributed by atoms with Crippen LogP contribution in [0.2, 0.25) is 0 Å². The summed E-state index contributed by atoms with van der Waals surface area (Å²) in [7, 11) is 3.14. The standard InChI is InChI=1S/C16H26BrNO5/c1-10(17)7-11-8-18(14(19)23-15(2,3)4)13-12(11)22-9-16(13,20-5)21-6/h7,11-13H,8-9H2,1-6H3. The van der Waals surface area contributed by atoms with E-state index >= 15 is 0 Å². The summed E-state index contributed by atoms with van der Waals surface area (Å²) in [6.45, 7) is 8.29. The van der Waals surface area contributed by atoms with Crippen molar-refractivity contribution in [1.29, 1.82) is 0 Å². The van der Waals surface area contributed by atoms with Gasteiger partial charge in [0.2, 0.25) is 5.79 Å². The Bertz CT molecular complexity index is 479. The van der Waals surface area contributed by atoms with Crippen molar-refractivity contribution < 1.29 is 23.7 Å². The van der Waals surface area contributed by atoms with Crippen molar-refractivity contribution in [1.82, 2.24) is 4.90 Å². The molecular formula is C16H26BrNO5. The number of halogens is 1. The summed E-state index contributed by atoms with van der Waals surface area (Å²) in [5.74, 6) is -0.913. The highest BCUT2D eigenvalue weighted by atomic mass is 79.9. The van der Waals surface area contributed by atoms with Crippen molar-refractivity contribution in [2.45, 2.75) is 51.2 Å². The van der Waals surface area contributed by atoms with Crippen LogP contribution in [0.1, 0.15) is 27.7 Å². The van der Waals surface area contributed by atoms with E-state index in [1.165, 1.54) is 0 Å². The van der Waals surface area contributed by atoms with Gasteiger partial charge in [-0.15, -0.1) is 0 Å². The molecule has 0 aliphatic carbocycles. The van der Waals surface area contributed by atoms with Crippen LogP contribution in [-0.2, 0) is 18.9 Å². The first kappa shape index (κ1) is 18.7. The van der Waals surface area contributed by atoms with Crippen LogP contribution in [0.15, 0.2) is 10.6 Å². The molecule has 0 N–H and O–H groups in total. The quantitative estimate of drug-likeness (QED) is 0.692. The second-order valence-electron chi connectivity index (χ2n) is 6.99. The van der Waals surface area contributed by atoms with E-state index in [0.29, 0.717) is 6.54 Å². The average molecular weight is 392 g/mol. The zero-order valence-corrected chi connectivity index (χ0v) is 16.2. The number of carbonyl (C=O) groups excluding carboxylic acids is 1. The first-order valence-corrected chi connectivity index (χ1v) is 8.48. The second kappa shape index (κ2) is 6.70. The topological polar surface area (TPSA) is 57.2 Å². The smallest absolute Gasteiger partial charge is 0.410 e. The van der Waals surface area contributed by atoms with E-state index in [1.807, 2.05) is 27.7 Å². The molecule has 2 aliphatic rings. The van der Waals surface area contributed by atoms with Gasteiger partial charge in [0.05, 0.1) is 6.10 Å². The molecule has 0 bridgehead atoms. The van der Waals surface area contributed by atoms with Gasteiger partial charge in [-0.25, -0.2) is 4.79 Å². The minimum atomic E-state index is -0.968. The lowest BCUT2D eigenvalue weighted by Crippen LogP contribution is -2.55. The molecule has 132 valence electrons. The Morgan fingerprint density at radius 1 is 1.35 bits per heavy atom. The Hall–Kier alpha value is -0.630. The molecule has 0 radical (unpaired) electrons. The van der Waals surface area contributed by atoms with Crippen LogP contribution in [0, 0.1) is 5.92 Å². The number of hydrogen-bond acceptors (Lipinski definition) is 5. The van der Waals surface area contributed by atoms with E-state index in [0.717, 1.165) is 4.48 Å². The Morgan fingerprint density at radius 2 is 1.96 bits per heavy atom. The van der Waals surface area contributed by atoms with Gasteiger partial charge >= 0.3 is 6.09 Å². The van der Waals surface area contributed by atoms with Gasteiger partial charge in [0.25, 0.3) is 0 Å². The lowest BCUT2D eigenvalue weighted by Gasteiger charge is -2.36. The lowest BCUT2D eigenvalue weighted by molar-refractivity contribution is -0.224. The molecule has 2 fully saturated rings. The SMILES string of the molecule is COC1(OC)COC2C(C=C(C)Br)CN(C(=O)OC(C)(C)C)C21. The maximum atomic E-state index is 12.7. The van der Waals surface area contributed by atoms with Gasteiger partial charge in [0.1, 0.15) is 18.2 Å². The van der Waals surface area contributed by atoms with E-state index < -0.39 is 11.4 Å². The number of fused-ring (bicyclic) bond motifs is 1. The van der Waals surface area contributed by atoms with Gasteiger partial charge < -0.3 is 18.9 Å². The number of ether oxygens (including phenoxy) is 4. The lowest BCUT2D eigenvalue weighted by atomic mass is 9.98. The molecule has 3 atom stereocenters. The molecule has 6 nitrogen and oxygen atoms in total. The monoisotopic (exact) mass is 391 g/mol. The van der Waals surface area contributed by atoms with Crippen molar-refractivity contribution in [3.8, 4) is 0 Å². The van der Waals surface area contributed by atoms with Crippen LogP contribution in [0.25, 0.3) is 0 Å². The summed E-state index contributed by atoms with van der Waals surface area (Å²) >= 11 is 3.46. The van der Waals surface area contributed by atoms with Crippen molar-refractivity contribution in [3.63, 3.8) is 0 Å². The van der Waals surface area contributed by atoms with Crippen molar-refractivity contribution in [3.05, 3.63) is 10.6 Å². The van der Waals surface area contributed by atoms with Crippen molar-refractivity contribution >= 4 is 22.0 Å². The summed E-state index contributed by atoms with van der Waals surface area (Å²) in [6.07, 6.45) is 1.50. The minimum Gasteiger partial charge on any atom is -0.444 e. The second-order valence-corrected chi connectivity index (χ2v) is 8.24. The largest absolute Gasteiger partial charge is 0.444 e. The van der Waals surface area contributed by atoms with Crippen LogP contribution in [0.4, 0.5) is 4.79 Å². The Balaban J connectivity index is 2.32. The Kier molecular flexibility index (Phi) is 5.45. The minimum absolute atomic E-state index is 0.0547. The zero-order valence-electron chi connectivity index (χ0n) is 14.6. The predicted octanol–water partition coefficient (Wildman–Crippen LogP) is 2.91. The van der Waals surface area contributed by atoms with E-state index in [4.69, 9.17) is 18.9 Å². The van der Waals surface area contributed by atoms with E-state index in [1.54, 1.807) is 19.1 Å². The maximum Gasteiger partial charge on any atom is 0.410 e. The molecule has 3 unspecified atom stereocenters. The summed E-state index contributed by atoms with van der Waals surface area (Å²) in [4.78, 5) is 14.3. The molecule has 2 saturated heterocycles. The molecule has 0 saturated carbocycles. The Morgan fingerprint density at radius 3 is 2.43 bits per heavy atom. The number of nitrogens with zero attached hydrogens (tertiary/aromatic N) is 1. The van der Waals surface area contributed by atoms with Crippen LogP contribution < -0.4 is 0 Å². The molecule has 0 aromatic carbocycles. The normalized spacial score (nSPS) is 30.5. The molecular weight excluding hydrogens is 366 g/mol. The molecule has 0 spiro atoms. The molecule has 2 aliphatic heterocycles. The van der Waals surface area contributed by atoms with E-state index in [9.17, 15) is 4.79 Å². The highest BCUT2D eigenvalue weighted by Gasteiger charge is 2.61. The van der Waals surface area contributed by atoms with Crippen LogP contribution in [0.5, 0.6) is 0 Å². The number of rotatable bonds is 3. The van der Waals surface area contributed by atoms with Crippen LogP contribution in [0.3, 0.4) is 0 Å². The number of likely N-dealkylation sites (tertiary alicyclic amines) is 1. The van der Waals surface area contributed by atoms with Gasteiger partial charge in [0.15, 0.2) is 0 Å². The van der Waals surface area contributed by atoms with Crippen LogP contribution in [-0.4, -0.2) is 61.9 Å². The third-order valence-corrected chi connectivity index (χ3v) is 4.43. The maximum absolute atomic E-state index is 12.7. The van der Waals surface area contributed by atoms with Crippen molar-refractivity contribution in [2.24, 2.45) is 5.92 Å². The van der Waals surface area contributed by atoms with Crippen LogP contribution >= 0.6 is 15.9 Å². The van der Waals surface area contributed by atoms with E-state index in [2.05, 4.69) is 22.0 Å². The number of allylic oxidation sites excluding steroid dienone is 1. The summed E-state index contributed by atoms with van der Waals surface area (Å²) < 4.78 is 23.7. The average Bonchev–Trinajstić information content (AvgIpc) is 2.96. The molecule has 0 aromatic heterocycles. The summed E-state index contributed by atoms with van der Waals surface area (Å²) in [5.41, 5.74) is -0.561. The summed E-state index contributed by atoms with van der Waals surface area (Å²) in [6, 6.07) is -0.347. The van der Waals surface area contributed by atoms with Gasteiger partial charge in [-0.05, 0) is 32.2 Å². The first-order chi connectivity index (χ1) is 10.6. The van der Waals surface area contributed by atoms with Gasteiger partial charge in [-0.2, -0.15) is 0 Å². The number of hydrogen-bond donors (Lipinski definition) is 0. The molecule has 23 heavy (non-hydrogen) atoms. The fourth-order valence-corrected chi connectivity index (χ4v) is 3.59. The van der Waals surface area contributed by atoms with Crippen molar-refractivity contribution in [2.75, 3.05) is 27.4 Å². The number of methoxy groups -OCH3 is 2. The third kappa shape index (κ3) is 3.73. The molecule has 7 heteroatoms. The fourth-order valence-electron chi connectivity index (χ4n) is 3.25. The Labute approximate surface area is 146 Å².